The number of hydrogen-bond donors (Lipinski definition) is 2. The number of carbonyl (C=O) groups excluding carboxylic acids is 1. The highest BCUT2D eigenvalue weighted by Crippen LogP contribution is 2.44. The molecular weight excluding hydrogens is 396 g/mol. The Morgan fingerprint density at radius 2 is 1.94 bits per heavy atom. The Hall–Kier alpha value is -2.87. The minimum atomic E-state index is -0.119. The Morgan fingerprint density at radius 1 is 1.16 bits per heavy atom. The van der Waals surface area contributed by atoms with Crippen LogP contribution in [0.4, 0.5) is 5.95 Å². The fraction of sp³-hybridized carbons (Fsp3) is 0.522. The highest BCUT2D eigenvalue weighted by molar-refractivity contribution is 5.79. The topological polar surface area (TPSA) is 98.8 Å². The first-order chi connectivity index (χ1) is 15.0. The van der Waals surface area contributed by atoms with Crippen LogP contribution in [0.2, 0.25) is 0 Å². The zero-order valence-electron chi connectivity index (χ0n) is 17.6. The van der Waals surface area contributed by atoms with Crippen molar-refractivity contribution in [3.8, 4) is 5.75 Å². The zero-order valence-corrected chi connectivity index (χ0v) is 17.6. The Kier molecular flexibility index (Phi) is 5.17. The van der Waals surface area contributed by atoms with Gasteiger partial charge in [-0.3, -0.25) is 14.6 Å². The van der Waals surface area contributed by atoms with Crippen LogP contribution in [0, 0.1) is 0 Å². The number of fused-ring (bicyclic) bond motifs is 2. The number of piperidine rings is 1. The van der Waals surface area contributed by atoms with Gasteiger partial charge >= 0.3 is 0 Å². The maximum Gasteiger partial charge on any atom is 0.255 e. The average molecular weight is 425 g/mol. The van der Waals surface area contributed by atoms with Gasteiger partial charge in [-0.15, -0.1) is 0 Å². The van der Waals surface area contributed by atoms with E-state index in [2.05, 4.69) is 9.88 Å². The second kappa shape index (κ2) is 8.00. The second-order valence-corrected chi connectivity index (χ2v) is 8.82. The predicted molar refractivity (Wildman–Crippen MR) is 116 cm³/mol. The first kappa shape index (κ1) is 20.1. The Bertz CT molecular complexity index is 1040. The lowest BCUT2D eigenvalue weighted by atomic mass is 9.76. The molecule has 0 saturated carbocycles. The minimum Gasteiger partial charge on any atom is -0.508 e. The van der Waals surface area contributed by atoms with Gasteiger partial charge in [-0.2, -0.15) is 0 Å². The van der Waals surface area contributed by atoms with Gasteiger partial charge in [0.2, 0.25) is 11.9 Å². The first-order valence-corrected chi connectivity index (χ1v) is 11.1. The summed E-state index contributed by atoms with van der Waals surface area (Å²) in [4.78, 5) is 37.5. The number of likely N-dealkylation sites (tertiary alicyclic amines) is 1. The molecule has 31 heavy (non-hydrogen) atoms. The number of aromatic amines is 1. The van der Waals surface area contributed by atoms with E-state index in [1.165, 1.54) is 0 Å². The lowest BCUT2D eigenvalue weighted by molar-refractivity contribution is -0.132. The van der Waals surface area contributed by atoms with Gasteiger partial charge in [-0.05, 0) is 43.4 Å². The van der Waals surface area contributed by atoms with Crippen LogP contribution in [0.1, 0.15) is 36.1 Å². The molecule has 1 spiro atoms. The molecule has 8 heteroatoms. The van der Waals surface area contributed by atoms with Crippen molar-refractivity contribution in [3.05, 3.63) is 51.4 Å². The Labute approximate surface area is 180 Å². The summed E-state index contributed by atoms with van der Waals surface area (Å²) in [7, 11) is 0. The number of anilines is 1. The van der Waals surface area contributed by atoms with Gasteiger partial charge in [0.05, 0.1) is 25.3 Å². The smallest absolute Gasteiger partial charge is 0.255 e. The summed E-state index contributed by atoms with van der Waals surface area (Å²) in [5, 5.41) is 9.64. The van der Waals surface area contributed by atoms with Crippen molar-refractivity contribution in [2.45, 2.75) is 37.5 Å². The van der Waals surface area contributed by atoms with Crippen molar-refractivity contribution in [2.24, 2.45) is 0 Å². The first-order valence-electron chi connectivity index (χ1n) is 11.1. The Morgan fingerprint density at radius 3 is 2.68 bits per heavy atom. The molecule has 3 heterocycles. The van der Waals surface area contributed by atoms with E-state index in [1.807, 2.05) is 11.0 Å². The predicted octanol–water partition coefficient (Wildman–Crippen LogP) is 1.36. The number of aromatic nitrogens is 2. The number of nitrogens with one attached hydrogen (secondary N) is 1. The molecule has 3 aliphatic rings. The van der Waals surface area contributed by atoms with Crippen molar-refractivity contribution in [3.63, 3.8) is 0 Å². The number of phenolic OH excluding ortho intramolecular Hbond substituents is 1. The van der Waals surface area contributed by atoms with E-state index in [9.17, 15) is 14.7 Å². The summed E-state index contributed by atoms with van der Waals surface area (Å²) < 4.78 is 5.42. The summed E-state index contributed by atoms with van der Waals surface area (Å²) in [6, 6.07) is 6.86. The molecule has 2 saturated heterocycles. The maximum absolute atomic E-state index is 12.8. The van der Waals surface area contributed by atoms with Crippen LogP contribution in [-0.4, -0.2) is 65.3 Å². The standard InChI is InChI=1S/C23H28N4O4/c28-17-3-1-2-16(14-17)15-19(29)26-8-6-23(7-9-26)5-4-18-20(23)24-22(25-21(18)30)27-10-12-31-13-11-27/h1-3,14,28H,4-13,15H2,(H,24,25,30). The molecule has 1 aliphatic carbocycles. The van der Waals surface area contributed by atoms with E-state index in [0.29, 0.717) is 32.3 Å². The number of benzene rings is 1. The molecule has 0 unspecified atom stereocenters. The largest absolute Gasteiger partial charge is 0.508 e. The van der Waals surface area contributed by atoms with Gasteiger partial charge in [0.15, 0.2) is 0 Å². The molecule has 164 valence electrons. The van der Waals surface area contributed by atoms with Crippen LogP contribution < -0.4 is 10.5 Å². The summed E-state index contributed by atoms with van der Waals surface area (Å²) in [5.41, 5.74) is 2.44. The number of aromatic hydroxyl groups is 1. The zero-order chi connectivity index (χ0) is 21.4. The van der Waals surface area contributed by atoms with Gasteiger partial charge in [-0.1, -0.05) is 12.1 Å². The third-order valence-corrected chi connectivity index (χ3v) is 7.01. The minimum absolute atomic E-state index is 0.0224. The molecule has 0 radical (unpaired) electrons. The van der Waals surface area contributed by atoms with E-state index in [-0.39, 0.29) is 29.1 Å². The molecule has 2 aliphatic heterocycles. The van der Waals surface area contributed by atoms with Crippen molar-refractivity contribution in [1.82, 2.24) is 14.9 Å². The number of carbonyl (C=O) groups is 1. The van der Waals surface area contributed by atoms with Crippen LogP contribution in [-0.2, 0) is 27.8 Å². The molecule has 0 atom stereocenters. The molecule has 1 amide bonds. The second-order valence-electron chi connectivity index (χ2n) is 8.82. The van der Waals surface area contributed by atoms with Crippen molar-refractivity contribution in [1.29, 1.82) is 0 Å². The monoisotopic (exact) mass is 424 g/mol. The van der Waals surface area contributed by atoms with Gasteiger partial charge in [0.25, 0.3) is 5.56 Å². The van der Waals surface area contributed by atoms with E-state index in [1.54, 1.807) is 18.2 Å². The van der Waals surface area contributed by atoms with Crippen LogP contribution in [0.25, 0.3) is 0 Å². The number of nitrogens with zero attached hydrogens (tertiary/aromatic N) is 3. The van der Waals surface area contributed by atoms with Crippen LogP contribution in [0.5, 0.6) is 5.75 Å². The molecule has 2 N–H and O–H groups in total. The van der Waals surface area contributed by atoms with Crippen molar-refractivity contribution < 1.29 is 14.6 Å². The van der Waals surface area contributed by atoms with E-state index < -0.39 is 0 Å². The molecule has 2 aromatic rings. The molecule has 0 bridgehead atoms. The van der Waals surface area contributed by atoms with Crippen LogP contribution in [0.15, 0.2) is 29.1 Å². The Balaban J connectivity index is 1.31. The van der Waals surface area contributed by atoms with E-state index >= 15 is 0 Å². The molecule has 1 aromatic heterocycles. The highest BCUT2D eigenvalue weighted by atomic mass is 16.5. The quantitative estimate of drug-likeness (QED) is 0.772. The molecule has 5 rings (SSSR count). The summed E-state index contributed by atoms with van der Waals surface area (Å²) in [5.74, 6) is 0.903. The van der Waals surface area contributed by atoms with Gasteiger partial charge < -0.3 is 19.6 Å². The SMILES string of the molecule is O=C(Cc1cccc(O)c1)N1CCC2(CCc3c2nc(N2CCOCC2)[nH]c3=O)CC1. The molecule has 2 fully saturated rings. The van der Waals surface area contributed by atoms with E-state index in [0.717, 1.165) is 55.6 Å². The molecular formula is C23H28N4O4. The third-order valence-electron chi connectivity index (χ3n) is 7.01. The number of ether oxygens (including phenoxy) is 1. The fourth-order valence-electron chi connectivity index (χ4n) is 5.19. The molecule has 8 nitrogen and oxygen atoms in total. The normalized spacial score (nSPS) is 20.1. The highest BCUT2D eigenvalue weighted by Gasteiger charge is 2.44. The molecule has 1 aromatic carbocycles. The number of amides is 1. The van der Waals surface area contributed by atoms with Crippen molar-refractivity contribution in [2.75, 3.05) is 44.3 Å². The van der Waals surface area contributed by atoms with Crippen LogP contribution in [0.3, 0.4) is 0 Å². The maximum atomic E-state index is 12.8. The summed E-state index contributed by atoms with van der Waals surface area (Å²) in [6.45, 7) is 4.07. The number of phenols is 1. The lowest BCUT2D eigenvalue weighted by Crippen LogP contribution is -2.45. The van der Waals surface area contributed by atoms with Gasteiger partial charge in [0, 0.05) is 37.2 Å². The number of H-pyrrole nitrogens is 1. The third kappa shape index (κ3) is 3.80. The number of rotatable bonds is 3. The number of hydrogen-bond acceptors (Lipinski definition) is 6. The van der Waals surface area contributed by atoms with Gasteiger partial charge in [-0.25, -0.2) is 4.98 Å². The average Bonchev–Trinajstić information content (AvgIpc) is 3.13. The lowest BCUT2D eigenvalue weighted by Gasteiger charge is -2.39. The van der Waals surface area contributed by atoms with Crippen molar-refractivity contribution >= 4 is 11.9 Å². The number of morpholine rings is 1. The van der Waals surface area contributed by atoms with Crippen LogP contribution >= 0.6 is 0 Å². The summed E-state index contributed by atoms with van der Waals surface area (Å²) >= 11 is 0. The van der Waals surface area contributed by atoms with E-state index in [4.69, 9.17) is 9.72 Å². The summed E-state index contributed by atoms with van der Waals surface area (Å²) in [6.07, 6.45) is 3.60. The fourth-order valence-corrected chi connectivity index (χ4v) is 5.19. The van der Waals surface area contributed by atoms with Gasteiger partial charge in [0.1, 0.15) is 5.75 Å².